The number of amides is 2. The van der Waals surface area contributed by atoms with Gasteiger partial charge < -0.3 is 15.1 Å². The van der Waals surface area contributed by atoms with Gasteiger partial charge in [0.05, 0.1) is 0 Å². The first kappa shape index (κ1) is 17.7. The highest BCUT2D eigenvalue weighted by atomic mass is 16.3. The molecule has 1 aromatic heterocycles. The highest BCUT2D eigenvalue weighted by Gasteiger charge is 2.17. The lowest BCUT2D eigenvalue weighted by atomic mass is 10.1. The first-order valence-corrected chi connectivity index (χ1v) is 8.63. The number of aryl methyl sites for hydroxylation is 1. The van der Waals surface area contributed by atoms with Crippen LogP contribution in [0.4, 0.5) is 11.4 Å². The largest absolute Gasteiger partial charge is 0.451 e. The molecule has 0 aliphatic heterocycles. The van der Waals surface area contributed by atoms with Crippen LogP contribution in [0.2, 0.25) is 0 Å². The number of rotatable bonds is 5. The van der Waals surface area contributed by atoms with Crippen molar-refractivity contribution in [3.63, 3.8) is 0 Å². The number of carbonyl (C=O) groups excluding carboxylic acids is 2. The van der Waals surface area contributed by atoms with Gasteiger partial charge in [-0.3, -0.25) is 9.59 Å². The fourth-order valence-electron chi connectivity index (χ4n) is 2.80. The Bertz CT molecular complexity index is 940. The number of furan rings is 1. The number of hydrogen-bond acceptors (Lipinski definition) is 3. The SMILES string of the molecule is Cc1c(C(=O)Nc2ccc(NC(=O)CC(C)C)cc2)oc2ccccc12. The summed E-state index contributed by atoms with van der Waals surface area (Å²) in [5, 5.41) is 6.60. The molecule has 5 heteroatoms. The van der Waals surface area contributed by atoms with E-state index >= 15 is 0 Å². The molecule has 0 unspecified atom stereocenters. The summed E-state index contributed by atoms with van der Waals surface area (Å²) in [5.41, 5.74) is 2.85. The highest BCUT2D eigenvalue weighted by Crippen LogP contribution is 2.25. The smallest absolute Gasteiger partial charge is 0.291 e. The second-order valence-corrected chi connectivity index (χ2v) is 6.73. The summed E-state index contributed by atoms with van der Waals surface area (Å²) in [6, 6.07) is 14.6. The number of nitrogens with one attached hydrogen (secondary N) is 2. The predicted octanol–water partition coefficient (Wildman–Crippen LogP) is 4.98. The Hall–Kier alpha value is -3.08. The summed E-state index contributed by atoms with van der Waals surface area (Å²) >= 11 is 0. The van der Waals surface area contributed by atoms with Crippen LogP contribution in [0.1, 0.15) is 36.4 Å². The minimum Gasteiger partial charge on any atom is -0.451 e. The van der Waals surface area contributed by atoms with E-state index in [-0.39, 0.29) is 11.8 Å². The van der Waals surface area contributed by atoms with Crippen LogP contribution in [0.3, 0.4) is 0 Å². The predicted molar refractivity (Wildman–Crippen MR) is 103 cm³/mol. The van der Waals surface area contributed by atoms with Gasteiger partial charge in [0.15, 0.2) is 5.76 Å². The zero-order valence-electron chi connectivity index (χ0n) is 15.1. The highest BCUT2D eigenvalue weighted by molar-refractivity contribution is 6.06. The van der Waals surface area contributed by atoms with Gasteiger partial charge in [-0.25, -0.2) is 0 Å². The molecule has 0 radical (unpaired) electrons. The molecule has 0 atom stereocenters. The molecule has 0 saturated carbocycles. The van der Waals surface area contributed by atoms with Gasteiger partial charge in [-0.2, -0.15) is 0 Å². The van der Waals surface area contributed by atoms with Gasteiger partial charge in [0.1, 0.15) is 5.58 Å². The van der Waals surface area contributed by atoms with Gasteiger partial charge in [-0.15, -0.1) is 0 Å². The standard InChI is InChI=1S/C21H22N2O3/c1-13(2)12-19(24)22-15-8-10-16(11-9-15)23-21(25)20-14(3)17-6-4-5-7-18(17)26-20/h4-11,13H,12H2,1-3H3,(H,22,24)(H,23,25). The molecule has 26 heavy (non-hydrogen) atoms. The molecule has 3 aromatic rings. The van der Waals surface area contributed by atoms with Gasteiger partial charge in [0.25, 0.3) is 5.91 Å². The van der Waals surface area contributed by atoms with E-state index in [2.05, 4.69) is 10.6 Å². The molecule has 2 amide bonds. The first-order valence-electron chi connectivity index (χ1n) is 8.63. The Balaban J connectivity index is 1.69. The van der Waals surface area contributed by atoms with E-state index < -0.39 is 0 Å². The maximum Gasteiger partial charge on any atom is 0.291 e. The van der Waals surface area contributed by atoms with E-state index in [4.69, 9.17) is 4.42 Å². The number of anilines is 2. The lowest BCUT2D eigenvalue weighted by molar-refractivity contribution is -0.116. The Morgan fingerprint density at radius 1 is 0.962 bits per heavy atom. The average Bonchev–Trinajstić information content (AvgIpc) is 2.93. The molecule has 0 fully saturated rings. The molecule has 0 aliphatic rings. The topological polar surface area (TPSA) is 71.3 Å². The Morgan fingerprint density at radius 3 is 2.19 bits per heavy atom. The quantitative estimate of drug-likeness (QED) is 0.682. The van der Waals surface area contributed by atoms with E-state index in [1.165, 1.54) is 0 Å². The van der Waals surface area contributed by atoms with Crippen LogP contribution in [-0.4, -0.2) is 11.8 Å². The van der Waals surface area contributed by atoms with Crippen LogP contribution in [0.25, 0.3) is 11.0 Å². The van der Waals surface area contributed by atoms with Crippen molar-refractivity contribution in [3.8, 4) is 0 Å². The van der Waals surface area contributed by atoms with Crippen LogP contribution in [0, 0.1) is 12.8 Å². The first-order chi connectivity index (χ1) is 12.4. The average molecular weight is 350 g/mol. The zero-order chi connectivity index (χ0) is 18.7. The summed E-state index contributed by atoms with van der Waals surface area (Å²) in [6.07, 6.45) is 0.476. The van der Waals surface area contributed by atoms with Crippen molar-refractivity contribution in [2.24, 2.45) is 5.92 Å². The molecule has 0 bridgehead atoms. The van der Waals surface area contributed by atoms with Crippen molar-refractivity contribution >= 4 is 34.2 Å². The number of hydrogen-bond donors (Lipinski definition) is 2. The molecule has 2 aromatic carbocycles. The second kappa shape index (κ2) is 7.44. The van der Waals surface area contributed by atoms with Crippen LogP contribution < -0.4 is 10.6 Å². The third-order valence-corrected chi connectivity index (χ3v) is 4.07. The third-order valence-electron chi connectivity index (χ3n) is 4.07. The van der Waals surface area contributed by atoms with Crippen LogP contribution in [0.5, 0.6) is 0 Å². The van der Waals surface area contributed by atoms with E-state index in [0.29, 0.717) is 35.1 Å². The maximum atomic E-state index is 12.5. The summed E-state index contributed by atoms with van der Waals surface area (Å²) < 4.78 is 5.68. The van der Waals surface area contributed by atoms with E-state index in [1.54, 1.807) is 24.3 Å². The minimum absolute atomic E-state index is 0.0188. The third kappa shape index (κ3) is 3.94. The number of carbonyl (C=O) groups is 2. The van der Waals surface area contributed by atoms with Gasteiger partial charge >= 0.3 is 0 Å². The second-order valence-electron chi connectivity index (χ2n) is 6.73. The summed E-state index contributed by atoms with van der Waals surface area (Å²) in [6.45, 7) is 5.87. The lowest BCUT2D eigenvalue weighted by Gasteiger charge is -2.08. The molecule has 0 spiro atoms. The molecule has 2 N–H and O–H groups in total. The van der Waals surface area contributed by atoms with Crippen molar-refractivity contribution in [3.05, 3.63) is 59.9 Å². The molecule has 134 valence electrons. The Kier molecular flexibility index (Phi) is 5.07. The van der Waals surface area contributed by atoms with Crippen molar-refractivity contribution < 1.29 is 14.0 Å². The van der Waals surface area contributed by atoms with Gasteiger partial charge in [0.2, 0.25) is 5.91 Å². The normalized spacial score (nSPS) is 10.9. The fraction of sp³-hybridized carbons (Fsp3) is 0.238. The number of para-hydroxylation sites is 1. The summed E-state index contributed by atoms with van der Waals surface area (Å²) in [7, 11) is 0. The van der Waals surface area contributed by atoms with Gasteiger partial charge in [-0.05, 0) is 43.2 Å². The van der Waals surface area contributed by atoms with Crippen molar-refractivity contribution in [2.75, 3.05) is 10.6 Å². The van der Waals surface area contributed by atoms with Crippen molar-refractivity contribution in [2.45, 2.75) is 27.2 Å². The van der Waals surface area contributed by atoms with Crippen LogP contribution in [0.15, 0.2) is 52.9 Å². The van der Waals surface area contributed by atoms with E-state index in [0.717, 1.165) is 10.9 Å². The molecular weight excluding hydrogens is 328 g/mol. The van der Waals surface area contributed by atoms with E-state index in [1.807, 2.05) is 45.0 Å². The number of fused-ring (bicyclic) bond motifs is 1. The van der Waals surface area contributed by atoms with E-state index in [9.17, 15) is 9.59 Å². The molecular formula is C21H22N2O3. The summed E-state index contributed by atoms with van der Waals surface area (Å²) in [4.78, 5) is 24.3. The molecule has 0 aliphatic carbocycles. The molecule has 1 heterocycles. The maximum absolute atomic E-state index is 12.5. The molecule has 5 nitrogen and oxygen atoms in total. The zero-order valence-corrected chi connectivity index (χ0v) is 15.1. The fourth-order valence-corrected chi connectivity index (χ4v) is 2.80. The Morgan fingerprint density at radius 2 is 1.58 bits per heavy atom. The van der Waals surface area contributed by atoms with Gasteiger partial charge in [-0.1, -0.05) is 32.0 Å². The van der Waals surface area contributed by atoms with Crippen molar-refractivity contribution in [1.29, 1.82) is 0 Å². The molecule has 0 saturated heterocycles. The monoisotopic (exact) mass is 350 g/mol. The van der Waals surface area contributed by atoms with Crippen LogP contribution in [-0.2, 0) is 4.79 Å². The molecule has 3 rings (SSSR count). The summed E-state index contributed by atoms with van der Waals surface area (Å²) in [5.74, 6) is 0.297. The number of benzene rings is 2. The van der Waals surface area contributed by atoms with Gasteiger partial charge in [0, 0.05) is 28.7 Å². The minimum atomic E-state index is -0.296. The lowest BCUT2D eigenvalue weighted by Crippen LogP contribution is -2.14. The van der Waals surface area contributed by atoms with Crippen LogP contribution >= 0.6 is 0 Å². The Labute approximate surface area is 152 Å². The van der Waals surface area contributed by atoms with Crippen molar-refractivity contribution in [1.82, 2.24) is 0 Å².